The van der Waals surface area contributed by atoms with Gasteiger partial charge < -0.3 is 20.4 Å². The first-order valence-corrected chi connectivity index (χ1v) is 17.9. The van der Waals surface area contributed by atoms with Gasteiger partial charge in [0, 0.05) is 12.1 Å². The van der Waals surface area contributed by atoms with E-state index in [2.05, 4.69) is 75.8 Å². The number of nitrogens with zero attached hydrogens (tertiary/aromatic N) is 2. The Morgan fingerprint density at radius 3 is 1.05 bits per heavy atom. The third kappa shape index (κ3) is 19.6. The molecule has 0 radical (unpaired) electrons. The minimum absolute atomic E-state index is 0.752. The van der Waals surface area contributed by atoms with E-state index in [1.54, 1.807) is 0 Å². The molecule has 39 heavy (non-hydrogen) atoms. The predicted octanol–water partition coefficient (Wildman–Crippen LogP) is 8.75. The highest BCUT2D eigenvalue weighted by Crippen LogP contribution is 2.20. The lowest BCUT2D eigenvalue weighted by atomic mass is 9.94. The maximum absolute atomic E-state index is 3.75. The number of unbranched alkanes of at least 4 members (excludes halogenated alkanes) is 6. The zero-order valence-electron chi connectivity index (χ0n) is 28.5. The smallest absolute Gasteiger partial charge is 0.0119 e. The van der Waals surface area contributed by atoms with E-state index in [-0.39, 0.29) is 0 Å². The lowest BCUT2D eigenvalue weighted by molar-refractivity contribution is 0.134. The van der Waals surface area contributed by atoms with E-state index in [0.29, 0.717) is 0 Å². The number of hydrogen-bond acceptors (Lipinski definition) is 4. The second-order valence-corrected chi connectivity index (χ2v) is 12.5. The molecular weight excluding hydrogens is 476 g/mol. The van der Waals surface area contributed by atoms with Crippen molar-refractivity contribution in [3.8, 4) is 0 Å². The van der Waals surface area contributed by atoms with Gasteiger partial charge in [-0.15, -0.1) is 0 Å². The van der Waals surface area contributed by atoms with Crippen LogP contribution in [-0.4, -0.2) is 74.2 Å². The fourth-order valence-corrected chi connectivity index (χ4v) is 6.34. The van der Waals surface area contributed by atoms with E-state index in [1.165, 1.54) is 149 Å². The van der Waals surface area contributed by atoms with Crippen molar-refractivity contribution in [1.82, 2.24) is 20.4 Å². The summed E-state index contributed by atoms with van der Waals surface area (Å²) >= 11 is 0. The monoisotopic (exact) mass is 553 g/mol. The zero-order chi connectivity index (χ0) is 29.1. The average Bonchev–Trinajstić information content (AvgIpc) is 2.94. The van der Waals surface area contributed by atoms with Crippen LogP contribution in [-0.2, 0) is 0 Å². The molecule has 4 heteroatoms. The summed E-state index contributed by atoms with van der Waals surface area (Å²) in [6.45, 7) is 28.9. The molecule has 0 aromatic carbocycles. The van der Waals surface area contributed by atoms with Gasteiger partial charge in [0.1, 0.15) is 0 Å². The Morgan fingerprint density at radius 1 is 0.436 bits per heavy atom. The van der Waals surface area contributed by atoms with Gasteiger partial charge in [-0.2, -0.15) is 0 Å². The van der Waals surface area contributed by atoms with Gasteiger partial charge in [-0.25, -0.2) is 0 Å². The van der Waals surface area contributed by atoms with E-state index < -0.39 is 0 Å². The van der Waals surface area contributed by atoms with Crippen LogP contribution in [0.15, 0.2) is 0 Å². The molecule has 4 unspecified atom stereocenters. The molecule has 0 aromatic rings. The van der Waals surface area contributed by atoms with Crippen molar-refractivity contribution < 1.29 is 0 Å². The van der Waals surface area contributed by atoms with Crippen LogP contribution >= 0.6 is 0 Å². The predicted molar refractivity (Wildman–Crippen MR) is 178 cm³/mol. The molecule has 2 N–H and O–H groups in total. The molecular formula is C35H76N4. The fourth-order valence-electron chi connectivity index (χ4n) is 6.34. The Morgan fingerprint density at radius 2 is 0.769 bits per heavy atom. The Balaban J connectivity index is 4.04. The largest absolute Gasteiger partial charge is 0.317 e. The van der Waals surface area contributed by atoms with E-state index in [1.807, 2.05) is 0 Å². The SMILES string of the molecule is CCCCN(CCCC)C(CC)C(C)CCNCCCCCNCCC(C)C(CC)N(CCCC)CCCC. The summed E-state index contributed by atoms with van der Waals surface area (Å²) in [7, 11) is 0. The maximum Gasteiger partial charge on any atom is 0.0119 e. The molecule has 4 atom stereocenters. The van der Waals surface area contributed by atoms with Crippen molar-refractivity contribution >= 4 is 0 Å². The summed E-state index contributed by atoms with van der Waals surface area (Å²) < 4.78 is 0. The van der Waals surface area contributed by atoms with Gasteiger partial charge in [-0.05, 0) is 128 Å². The van der Waals surface area contributed by atoms with E-state index in [9.17, 15) is 0 Å². The molecule has 0 aliphatic heterocycles. The van der Waals surface area contributed by atoms with Crippen LogP contribution in [0.25, 0.3) is 0 Å². The summed E-state index contributed by atoms with van der Waals surface area (Å²) in [6, 6.07) is 1.50. The molecule has 0 fully saturated rings. The molecule has 0 spiro atoms. The minimum atomic E-state index is 0.752. The second kappa shape index (κ2) is 28.0. The Bertz CT molecular complexity index is 427. The van der Waals surface area contributed by atoms with Crippen LogP contribution < -0.4 is 10.6 Å². The van der Waals surface area contributed by atoms with Crippen molar-refractivity contribution in [3.63, 3.8) is 0 Å². The second-order valence-electron chi connectivity index (χ2n) is 12.5. The molecule has 0 rings (SSSR count). The molecule has 0 heterocycles. The first-order chi connectivity index (χ1) is 19.0. The maximum atomic E-state index is 3.75. The molecule has 0 amide bonds. The van der Waals surface area contributed by atoms with Gasteiger partial charge >= 0.3 is 0 Å². The molecule has 0 aliphatic rings. The van der Waals surface area contributed by atoms with Gasteiger partial charge in [-0.3, -0.25) is 0 Å². The van der Waals surface area contributed by atoms with Crippen molar-refractivity contribution in [2.45, 2.75) is 164 Å². The third-order valence-electron chi connectivity index (χ3n) is 9.04. The van der Waals surface area contributed by atoms with Crippen molar-refractivity contribution in [3.05, 3.63) is 0 Å². The van der Waals surface area contributed by atoms with Crippen LogP contribution in [0.2, 0.25) is 0 Å². The van der Waals surface area contributed by atoms with Crippen LogP contribution in [0.5, 0.6) is 0 Å². The Hall–Kier alpha value is -0.160. The van der Waals surface area contributed by atoms with Crippen LogP contribution in [0, 0.1) is 11.8 Å². The lowest BCUT2D eigenvalue weighted by Gasteiger charge is -2.35. The van der Waals surface area contributed by atoms with Crippen LogP contribution in [0.3, 0.4) is 0 Å². The van der Waals surface area contributed by atoms with E-state index in [0.717, 1.165) is 23.9 Å². The fraction of sp³-hybridized carbons (Fsp3) is 1.00. The molecule has 0 aliphatic carbocycles. The molecule has 236 valence electrons. The summed E-state index contributed by atoms with van der Waals surface area (Å²) in [5, 5.41) is 7.50. The number of hydrogen-bond donors (Lipinski definition) is 2. The van der Waals surface area contributed by atoms with Gasteiger partial charge in [0.05, 0.1) is 0 Å². The van der Waals surface area contributed by atoms with Crippen molar-refractivity contribution in [1.29, 1.82) is 0 Å². The molecule has 4 nitrogen and oxygen atoms in total. The van der Waals surface area contributed by atoms with Crippen LogP contribution in [0.4, 0.5) is 0 Å². The standard InChI is InChI=1S/C35H76N4/c1-9-15-28-38(29-16-10-2)34(13-5)32(7)22-26-36-24-20-19-21-25-37-27-23-33(8)35(14-6)39(30-17-11-3)31-18-12-4/h32-37H,9-31H2,1-8H3. The molecule has 0 saturated heterocycles. The van der Waals surface area contributed by atoms with Crippen LogP contribution in [0.1, 0.15) is 152 Å². The van der Waals surface area contributed by atoms with Gasteiger partial charge in [0.15, 0.2) is 0 Å². The summed E-state index contributed by atoms with van der Waals surface area (Å²) in [5.74, 6) is 1.56. The quantitative estimate of drug-likeness (QED) is 0.0872. The highest BCUT2D eigenvalue weighted by molar-refractivity contribution is 4.78. The van der Waals surface area contributed by atoms with Gasteiger partial charge in [-0.1, -0.05) is 87.5 Å². The highest BCUT2D eigenvalue weighted by atomic mass is 15.2. The number of rotatable bonds is 30. The number of nitrogens with one attached hydrogen (secondary N) is 2. The lowest BCUT2D eigenvalue weighted by Crippen LogP contribution is -2.41. The average molecular weight is 553 g/mol. The van der Waals surface area contributed by atoms with Gasteiger partial charge in [0.25, 0.3) is 0 Å². The van der Waals surface area contributed by atoms with Crippen molar-refractivity contribution in [2.75, 3.05) is 52.4 Å². The van der Waals surface area contributed by atoms with E-state index in [4.69, 9.17) is 0 Å². The highest BCUT2D eigenvalue weighted by Gasteiger charge is 2.23. The zero-order valence-corrected chi connectivity index (χ0v) is 28.5. The molecule has 0 saturated carbocycles. The van der Waals surface area contributed by atoms with Gasteiger partial charge in [0.2, 0.25) is 0 Å². The Labute approximate surface area is 248 Å². The Kier molecular flexibility index (Phi) is 27.9. The normalized spacial score (nSPS) is 15.2. The molecule has 0 aromatic heterocycles. The molecule has 0 bridgehead atoms. The summed E-state index contributed by atoms with van der Waals surface area (Å²) in [4.78, 5) is 5.62. The van der Waals surface area contributed by atoms with Crippen molar-refractivity contribution in [2.24, 2.45) is 11.8 Å². The topological polar surface area (TPSA) is 30.5 Å². The first kappa shape index (κ1) is 38.8. The summed E-state index contributed by atoms with van der Waals surface area (Å²) in [6.07, 6.45) is 19.7. The summed E-state index contributed by atoms with van der Waals surface area (Å²) in [5.41, 5.74) is 0. The van der Waals surface area contributed by atoms with E-state index >= 15 is 0 Å². The first-order valence-electron chi connectivity index (χ1n) is 17.9. The minimum Gasteiger partial charge on any atom is -0.317 e. The third-order valence-corrected chi connectivity index (χ3v) is 9.04.